The zero-order valence-electron chi connectivity index (χ0n) is 11.3. The van der Waals surface area contributed by atoms with Crippen molar-refractivity contribution in [3.63, 3.8) is 0 Å². The van der Waals surface area contributed by atoms with Crippen LogP contribution in [0.1, 0.15) is 51.4 Å². The van der Waals surface area contributed by atoms with E-state index in [1.807, 2.05) is 4.90 Å². The van der Waals surface area contributed by atoms with Gasteiger partial charge in [-0.2, -0.15) is 0 Å². The normalized spacial score (nSPS) is 15.4. The van der Waals surface area contributed by atoms with Crippen molar-refractivity contribution >= 4 is 5.91 Å². The van der Waals surface area contributed by atoms with Crippen LogP contribution in [0, 0.1) is 12.3 Å². The second-order valence-electron chi connectivity index (χ2n) is 4.82. The molecule has 102 valence electrons. The van der Waals surface area contributed by atoms with Crippen molar-refractivity contribution in [2.24, 2.45) is 0 Å². The van der Waals surface area contributed by atoms with Crippen molar-refractivity contribution in [1.82, 2.24) is 4.90 Å². The fraction of sp³-hybridized carbons (Fsp3) is 0.800. The third kappa shape index (κ3) is 6.66. The minimum Gasteiger partial charge on any atom is -0.378 e. The van der Waals surface area contributed by atoms with Crippen molar-refractivity contribution in [1.29, 1.82) is 0 Å². The van der Waals surface area contributed by atoms with Crippen LogP contribution in [0.4, 0.5) is 0 Å². The van der Waals surface area contributed by atoms with Gasteiger partial charge in [0.25, 0.3) is 0 Å². The molecule has 0 aromatic rings. The molecule has 1 saturated heterocycles. The zero-order chi connectivity index (χ0) is 13.1. The molecule has 0 N–H and O–H groups in total. The quantitative estimate of drug-likeness (QED) is 0.490. The van der Waals surface area contributed by atoms with Crippen LogP contribution in [0.2, 0.25) is 0 Å². The molecule has 0 unspecified atom stereocenters. The summed E-state index contributed by atoms with van der Waals surface area (Å²) in [5.74, 6) is 2.96. The van der Waals surface area contributed by atoms with Gasteiger partial charge in [-0.3, -0.25) is 4.79 Å². The molecule has 0 bridgehead atoms. The predicted octanol–water partition coefficient (Wildman–Crippen LogP) is 2.60. The van der Waals surface area contributed by atoms with Crippen molar-refractivity contribution in [2.45, 2.75) is 51.4 Å². The Kier molecular flexibility index (Phi) is 8.33. The number of terminal acetylenes is 1. The summed E-state index contributed by atoms with van der Waals surface area (Å²) < 4.78 is 5.23. The second kappa shape index (κ2) is 9.96. The van der Waals surface area contributed by atoms with Crippen molar-refractivity contribution in [3.05, 3.63) is 0 Å². The molecule has 1 amide bonds. The Morgan fingerprint density at radius 3 is 2.33 bits per heavy atom. The lowest BCUT2D eigenvalue weighted by molar-refractivity contribution is -0.135. The highest BCUT2D eigenvalue weighted by molar-refractivity contribution is 5.76. The summed E-state index contributed by atoms with van der Waals surface area (Å²) in [5.41, 5.74) is 0. The molecule has 0 aromatic carbocycles. The van der Waals surface area contributed by atoms with E-state index in [0.29, 0.717) is 25.5 Å². The molecule has 0 aliphatic carbocycles. The third-order valence-electron chi connectivity index (χ3n) is 3.33. The molecule has 1 aliphatic rings. The summed E-state index contributed by atoms with van der Waals surface area (Å²) in [6.45, 7) is 2.93. The van der Waals surface area contributed by atoms with Crippen molar-refractivity contribution in [3.8, 4) is 12.3 Å². The number of nitrogens with zero attached hydrogens (tertiary/aromatic N) is 1. The van der Waals surface area contributed by atoms with Crippen LogP contribution in [0.25, 0.3) is 0 Å². The highest BCUT2D eigenvalue weighted by Gasteiger charge is 2.15. The standard InChI is InChI=1S/C15H25NO2/c1-2-3-4-5-6-7-8-9-10-15(17)16-11-13-18-14-12-16/h1H,3-14H2. The molecule has 0 radical (unpaired) electrons. The monoisotopic (exact) mass is 251 g/mol. The van der Waals surface area contributed by atoms with Gasteiger partial charge in [-0.25, -0.2) is 0 Å². The average Bonchev–Trinajstić information content (AvgIpc) is 2.42. The van der Waals surface area contributed by atoms with E-state index in [0.717, 1.165) is 38.8 Å². The lowest BCUT2D eigenvalue weighted by atomic mass is 10.1. The van der Waals surface area contributed by atoms with Gasteiger partial charge in [0, 0.05) is 25.9 Å². The van der Waals surface area contributed by atoms with E-state index >= 15 is 0 Å². The fourth-order valence-electron chi connectivity index (χ4n) is 2.18. The molecule has 3 heteroatoms. The molecule has 0 saturated carbocycles. The molecular formula is C15H25NO2. The van der Waals surface area contributed by atoms with Crippen LogP contribution in [0.15, 0.2) is 0 Å². The van der Waals surface area contributed by atoms with Crippen LogP contribution in [-0.2, 0) is 9.53 Å². The van der Waals surface area contributed by atoms with Gasteiger partial charge in [0.05, 0.1) is 13.2 Å². The van der Waals surface area contributed by atoms with E-state index in [4.69, 9.17) is 11.2 Å². The Balaban J connectivity index is 1.91. The van der Waals surface area contributed by atoms with Crippen LogP contribution < -0.4 is 0 Å². The van der Waals surface area contributed by atoms with Crippen molar-refractivity contribution in [2.75, 3.05) is 26.3 Å². The summed E-state index contributed by atoms with van der Waals surface area (Å²) >= 11 is 0. The molecule has 18 heavy (non-hydrogen) atoms. The van der Waals surface area contributed by atoms with E-state index in [-0.39, 0.29) is 0 Å². The van der Waals surface area contributed by atoms with Crippen LogP contribution >= 0.6 is 0 Å². The fourth-order valence-corrected chi connectivity index (χ4v) is 2.18. The van der Waals surface area contributed by atoms with Gasteiger partial charge in [-0.15, -0.1) is 12.3 Å². The van der Waals surface area contributed by atoms with E-state index in [2.05, 4.69) is 5.92 Å². The van der Waals surface area contributed by atoms with Crippen LogP contribution in [-0.4, -0.2) is 37.1 Å². The van der Waals surface area contributed by atoms with E-state index in [1.165, 1.54) is 19.3 Å². The highest BCUT2D eigenvalue weighted by Crippen LogP contribution is 2.10. The molecule has 0 atom stereocenters. The Labute approximate surface area is 111 Å². The van der Waals surface area contributed by atoms with Gasteiger partial charge in [0.2, 0.25) is 5.91 Å². The largest absolute Gasteiger partial charge is 0.378 e. The molecule has 1 aliphatic heterocycles. The minimum absolute atomic E-state index is 0.297. The first kappa shape index (κ1) is 15.0. The average molecular weight is 251 g/mol. The summed E-state index contributed by atoms with van der Waals surface area (Å²) in [6.07, 6.45) is 13.8. The number of carbonyl (C=O) groups is 1. The van der Waals surface area contributed by atoms with Gasteiger partial charge in [0.15, 0.2) is 0 Å². The molecule has 1 fully saturated rings. The maximum Gasteiger partial charge on any atom is 0.222 e. The van der Waals surface area contributed by atoms with E-state index in [9.17, 15) is 4.79 Å². The van der Waals surface area contributed by atoms with E-state index < -0.39 is 0 Å². The molecule has 1 rings (SSSR count). The number of unbranched alkanes of at least 4 members (excludes halogenated alkanes) is 6. The topological polar surface area (TPSA) is 29.5 Å². The Morgan fingerprint density at radius 1 is 1.06 bits per heavy atom. The Morgan fingerprint density at radius 2 is 1.67 bits per heavy atom. The SMILES string of the molecule is C#CCCCCCCCCC(=O)N1CCOCC1. The van der Waals surface area contributed by atoms with Gasteiger partial charge < -0.3 is 9.64 Å². The first-order valence-corrected chi connectivity index (χ1v) is 7.13. The highest BCUT2D eigenvalue weighted by atomic mass is 16.5. The van der Waals surface area contributed by atoms with Crippen molar-refractivity contribution < 1.29 is 9.53 Å². The van der Waals surface area contributed by atoms with Gasteiger partial charge >= 0.3 is 0 Å². The summed E-state index contributed by atoms with van der Waals surface area (Å²) in [4.78, 5) is 13.7. The van der Waals surface area contributed by atoms with Crippen LogP contribution in [0.3, 0.4) is 0 Å². The third-order valence-corrected chi connectivity index (χ3v) is 3.33. The Hall–Kier alpha value is -1.01. The first-order valence-electron chi connectivity index (χ1n) is 7.13. The number of rotatable bonds is 8. The number of carbonyl (C=O) groups excluding carboxylic acids is 1. The molecule has 3 nitrogen and oxygen atoms in total. The summed E-state index contributed by atoms with van der Waals surface area (Å²) in [7, 11) is 0. The van der Waals surface area contributed by atoms with Gasteiger partial charge in [0.1, 0.15) is 0 Å². The molecule has 0 spiro atoms. The summed E-state index contributed by atoms with van der Waals surface area (Å²) in [6, 6.07) is 0. The maximum atomic E-state index is 11.8. The van der Waals surface area contributed by atoms with Gasteiger partial charge in [-0.05, 0) is 12.8 Å². The lowest BCUT2D eigenvalue weighted by Crippen LogP contribution is -2.40. The molecule has 1 heterocycles. The first-order chi connectivity index (χ1) is 8.84. The molecule has 0 aromatic heterocycles. The predicted molar refractivity (Wildman–Crippen MR) is 73.2 cm³/mol. The van der Waals surface area contributed by atoms with E-state index in [1.54, 1.807) is 0 Å². The number of amides is 1. The second-order valence-corrected chi connectivity index (χ2v) is 4.82. The number of hydrogen-bond donors (Lipinski definition) is 0. The zero-order valence-corrected chi connectivity index (χ0v) is 11.3. The smallest absolute Gasteiger partial charge is 0.222 e. The van der Waals surface area contributed by atoms with Crippen LogP contribution in [0.5, 0.6) is 0 Å². The molecular weight excluding hydrogens is 226 g/mol. The minimum atomic E-state index is 0.297. The summed E-state index contributed by atoms with van der Waals surface area (Å²) in [5, 5.41) is 0. The lowest BCUT2D eigenvalue weighted by Gasteiger charge is -2.26. The number of hydrogen-bond acceptors (Lipinski definition) is 2. The Bertz CT molecular complexity index is 264. The number of ether oxygens (including phenoxy) is 1. The maximum absolute atomic E-state index is 11.8. The van der Waals surface area contributed by atoms with Gasteiger partial charge in [-0.1, -0.05) is 25.7 Å². The number of morpholine rings is 1.